The second-order valence-corrected chi connectivity index (χ2v) is 4.44. The Kier molecular flexibility index (Phi) is 4.42. The maximum atomic E-state index is 12.7. The molecule has 2 N–H and O–H groups in total. The standard InChI is InChI=1S/C14H14F3N3O/c1-2-18-8-11-7-12(21)20-13(19-11)9-4-3-5-10(6-9)14(15,16)17/h3-7,18H,2,8H2,1H3,(H,19,20,21). The van der Waals surface area contributed by atoms with E-state index in [0.29, 0.717) is 18.8 Å². The molecule has 0 aliphatic carbocycles. The molecule has 0 unspecified atom stereocenters. The van der Waals surface area contributed by atoms with Crippen molar-refractivity contribution in [3.63, 3.8) is 0 Å². The first-order valence-electron chi connectivity index (χ1n) is 6.38. The van der Waals surface area contributed by atoms with Crippen molar-refractivity contribution in [2.24, 2.45) is 0 Å². The van der Waals surface area contributed by atoms with Gasteiger partial charge < -0.3 is 10.3 Å². The molecule has 0 saturated carbocycles. The topological polar surface area (TPSA) is 57.8 Å². The van der Waals surface area contributed by atoms with Crippen molar-refractivity contribution in [1.29, 1.82) is 0 Å². The number of alkyl halides is 3. The number of hydrogen-bond acceptors (Lipinski definition) is 3. The summed E-state index contributed by atoms with van der Waals surface area (Å²) in [5.74, 6) is 0.126. The Hall–Kier alpha value is -2.15. The van der Waals surface area contributed by atoms with Gasteiger partial charge in [0.05, 0.1) is 11.3 Å². The number of benzene rings is 1. The summed E-state index contributed by atoms with van der Waals surface area (Å²) in [4.78, 5) is 18.2. The van der Waals surface area contributed by atoms with Crippen LogP contribution in [0.5, 0.6) is 0 Å². The molecule has 1 heterocycles. The Labute approximate surface area is 119 Å². The Bertz CT molecular complexity index is 680. The molecule has 2 rings (SSSR count). The fourth-order valence-electron chi connectivity index (χ4n) is 1.83. The van der Waals surface area contributed by atoms with Gasteiger partial charge in [-0.3, -0.25) is 4.79 Å². The number of H-pyrrole nitrogens is 1. The van der Waals surface area contributed by atoms with E-state index in [4.69, 9.17) is 0 Å². The first-order valence-corrected chi connectivity index (χ1v) is 6.38. The highest BCUT2D eigenvalue weighted by atomic mass is 19.4. The third-order valence-electron chi connectivity index (χ3n) is 2.81. The zero-order valence-electron chi connectivity index (χ0n) is 11.3. The molecular weight excluding hydrogens is 283 g/mol. The second kappa shape index (κ2) is 6.09. The second-order valence-electron chi connectivity index (χ2n) is 4.44. The number of hydrogen-bond donors (Lipinski definition) is 2. The molecule has 0 atom stereocenters. The van der Waals surface area contributed by atoms with E-state index in [0.717, 1.165) is 12.1 Å². The Morgan fingerprint density at radius 1 is 1.29 bits per heavy atom. The molecule has 112 valence electrons. The normalized spacial score (nSPS) is 11.6. The Morgan fingerprint density at radius 2 is 2.05 bits per heavy atom. The van der Waals surface area contributed by atoms with Crippen LogP contribution in [0.25, 0.3) is 11.4 Å². The van der Waals surface area contributed by atoms with E-state index in [1.807, 2.05) is 6.92 Å². The first-order chi connectivity index (χ1) is 9.90. The van der Waals surface area contributed by atoms with Gasteiger partial charge >= 0.3 is 6.18 Å². The van der Waals surface area contributed by atoms with Crippen LogP contribution in [0.3, 0.4) is 0 Å². The minimum atomic E-state index is -4.43. The molecule has 0 fully saturated rings. The first kappa shape index (κ1) is 15.2. The van der Waals surface area contributed by atoms with Gasteiger partial charge in [-0.1, -0.05) is 19.1 Å². The van der Waals surface area contributed by atoms with Crippen molar-refractivity contribution in [2.45, 2.75) is 19.6 Å². The number of rotatable bonds is 4. The van der Waals surface area contributed by atoms with Crippen LogP contribution in [0.2, 0.25) is 0 Å². The summed E-state index contributed by atoms with van der Waals surface area (Å²) < 4.78 is 38.1. The van der Waals surface area contributed by atoms with Crippen LogP contribution >= 0.6 is 0 Å². The van der Waals surface area contributed by atoms with Crippen molar-refractivity contribution >= 4 is 0 Å². The van der Waals surface area contributed by atoms with E-state index >= 15 is 0 Å². The minimum Gasteiger partial charge on any atom is -0.311 e. The molecule has 0 saturated heterocycles. The summed E-state index contributed by atoms with van der Waals surface area (Å²) in [6.45, 7) is 2.99. The predicted octanol–water partition coefficient (Wildman–Crippen LogP) is 2.57. The number of aromatic amines is 1. The lowest BCUT2D eigenvalue weighted by atomic mass is 10.1. The van der Waals surface area contributed by atoms with E-state index in [2.05, 4.69) is 15.3 Å². The fourth-order valence-corrected chi connectivity index (χ4v) is 1.83. The Morgan fingerprint density at radius 3 is 2.71 bits per heavy atom. The molecule has 0 aliphatic heterocycles. The molecular formula is C14H14F3N3O. The highest BCUT2D eigenvalue weighted by molar-refractivity contribution is 5.56. The molecule has 0 amide bonds. The monoisotopic (exact) mass is 297 g/mol. The van der Waals surface area contributed by atoms with Crippen molar-refractivity contribution in [3.05, 3.63) is 51.9 Å². The van der Waals surface area contributed by atoms with E-state index in [9.17, 15) is 18.0 Å². The third kappa shape index (κ3) is 3.91. The summed E-state index contributed by atoms with van der Waals surface area (Å²) in [6, 6.07) is 6.03. The van der Waals surface area contributed by atoms with Crippen LogP contribution in [0.4, 0.5) is 13.2 Å². The Balaban J connectivity index is 2.42. The lowest BCUT2D eigenvalue weighted by Gasteiger charge is -2.09. The molecule has 2 aromatic rings. The molecule has 0 bridgehead atoms. The average Bonchev–Trinajstić information content (AvgIpc) is 2.44. The number of nitrogens with one attached hydrogen (secondary N) is 2. The van der Waals surface area contributed by atoms with Gasteiger partial charge in [-0.25, -0.2) is 4.98 Å². The molecule has 0 aliphatic rings. The highest BCUT2D eigenvalue weighted by Gasteiger charge is 2.30. The van der Waals surface area contributed by atoms with Crippen LogP contribution in [0, 0.1) is 0 Å². The molecule has 21 heavy (non-hydrogen) atoms. The van der Waals surface area contributed by atoms with Gasteiger partial charge in [-0.05, 0) is 18.7 Å². The summed E-state index contributed by atoms with van der Waals surface area (Å²) in [5.41, 5.74) is -0.474. The molecule has 0 radical (unpaired) electrons. The molecule has 4 nitrogen and oxygen atoms in total. The van der Waals surface area contributed by atoms with E-state index in [1.165, 1.54) is 18.2 Å². The SMILES string of the molecule is CCNCc1cc(=O)[nH]c(-c2cccc(C(F)(F)F)c2)n1. The molecule has 7 heteroatoms. The maximum absolute atomic E-state index is 12.7. The predicted molar refractivity (Wildman–Crippen MR) is 72.7 cm³/mol. The van der Waals surface area contributed by atoms with Gasteiger partial charge in [0.15, 0.2) is 0 Å². The van der Waals surface area contributed by atoms with Crippen LogP contribution in [-0.4, -0.2) is 16.5 Å². The molecule has 0 spiro atoms. The fraction of sp³-hybridized carbons (Fsp3) is 0.286. The van der Waals surface area contributed by atoms with E-state index in [-0.39, 0.29) is 11.4 Å². The van der Waals surface area contributed by atoms with Gasteiger partial charge in [-0.2, -0.15) is 13.2 Å². The average molecular weight is 297 g/mol. The van der Waals surface area contributed by atoms with Crippen LogP contribution < -0.4 is 10.9 Å². The van der Waals surface area contributed by atoms with Crippen molar-refractivity contribution in [3.8, 4) is 11.4 Å². The third-order valence-corrected chi connectivity index (χ3v) is 2.81. The van der Waals surface area contributed by atoms with Crippen molar-refractivity contribution in [2.75, 3.05) is 6.54 Å². The lowest BCUT2D eigenvalue weighted by molar-refractivity contribution is -0.137. The zero-order chi connectivity index (χ0) is 15.5. The largest absolute Gasteiger partial charge is 0.416 e. The number of halogens is 3. The van der Waals surface area contributed by atoms with Crippen molar-refractivity contribution in [1.82, 2.24) is 15.3 Å². The highest BCUT2D eigenvalue weighted by Crippen LogP contribution is 2.31. The quantitative estimate of drug-likeness (QED) is 0.912. The van der Waals surface area contributed by atoms with Crippen molar-refractivity contribution < 1.29 is 13.2 Å². The van der Waals surface area contributed by atoms with Gasteiger partial charge in [0.25, 0.3) is 5.56 Å². The van der Waals surface area contributed by atoms with Gasteiger partial charge in [0, 0.05) is 18.2 Å². The van der Waals surface area contributed by atoms with Crippen LogP contribution in [-0.2, 0) is 12.7 Å². The maximum Gasteiger partial charge on any atom is 0.416 e. The van der Waals surface area contributed by atoms with Crippen LogP contribution in [0.15, 0.2) is 35.1 Å². The molecule has 1 aromatic heterocycles. The number of aromatic nitrogens is 2. The summed E-state index contributed by atoms with van der Waals surface area (Å²) >= 11 is 0. The van der Waals surface area contributed by atoms with E-state index in [1.54, 1.807) is 0 Å². The number of nitrogens with zero attached hydrogens (tertiary/aromatic N) is 1. The summed E-state index contributed by atoms with van der Waals surface area (Å²) in [7, 11) is 0. The molecule has 1 aromatic carbocycles. The minimum absolute atomic E-state index is 0.126. The van der Waals surface area contributed by atoms with Gasteiger partial charge in [0.2, 0.25) is 0 Å². The summed E-state index contributed by atoms with van der Waals surface area (Å²) in [5, 5.41) is 3.01. The van der Waals surface area contributed by atoms with Crippen LogP contribution in [0.1, 0.15) is 18.2 Å². The summed E-state index contributed by atoms with van der Waals surface area (Å²) in [6.07, 6.45) is -4.43. The lowest BCUT2D eigenvalue weighted by Crippen LogP contribution is -2.17. The smallest absolute Gasteiger partial charge is 0.311 e. The van der Waals surface area contributed by atoms with E-state index < -0.39 is 17.3 Å². The van der Waals surface area contributed by atoms with Gasteiger partial charge in [0.1, 0.15) is 5.82 Å². The zero-order valence-corrected chi connectivity index (χ0v) is 11.3. The van der Waals surface area contributed by atoms with Gasteiger partial charge in [-0.15, -0.1) is 0 Å².